The summed E-state index contributed by atoms with van der Waals surface area (Å²) in [5.41, 5.74) is 0.948. The molecule has 9 nitrogen and oxygen atoms in total. The number of carboxylic acid groups (broad SMARTS) is 2. The molecule has 30 heavy (non-hydrogen) atoms. The Morgan fingerprint density at radius 2 is 1.77 bits per heavy atom. The van der Waals surface area contributed by atoms with E-state index in [-0.39, 0.29) is 23.2 Å². The van der Waals surface area contributed by atoms with Crippen molar-refractivity contribution in [3.8, 4) is 0 Å². The predicted octanol–water partition coefficient (Wildman–Crippen LogP) is 0.807. The van der Waals surface area contributed by atoms with Crippen LogP contribution in [-0.4, -0.2) is 88.7 Å². The van der Waals surface area contributed by atoms with E-state index in [2.05, 4.69) is 4.90 Å². The van der Waals surface area contributed by atoms with Gasteiger partial charge in [-0.05, 0) is 12.5 Å². The lowest BCUT2D eigenvalue weighted by molar-refractivity contribution is -0.144. The maximum absolute atomic E-state index is 12.3. The Morgan fingerprint density at radius 1 is 1.10 bits per heavy atom. The van der Waals surface area contributed by atoms with Gasteiger partial charge in [0.15, 0.2) is 9.84 Å². The van der Waals surface area contributed by atoms with E-state index in [1.165, 1.54) is 4.57 Å². The van der Waals surface area contributed by atoms with Gasteiger partial charge in [-0.3, -0.25) is 14.6 Å². The summed E-state index contributed by atoms with van der Waals surface area (Å²) in [5, 5.41) is 20.5. The smallest absolute Gasteiger partial charge is 0.352 e. The Bertz CT molecular complexity index is 1100. The molecule has 0 spiro atoms. The zero-order valence-electron chi connectivity index (χ0n) is 16.7. The molecule has 162 valence electrons. The van der Waals surface area contributed by atoms with Crippen LogP contribution in [0.3, 0.4) is 0 Å². The number of hydrogen-bond acceptors (Lipinski definition) is 6. The molecule has 3 heterocycles. The molecule has 0 aliphatic carbocycles. The van der Waals surface area contributed by atoms with Crippen LogP contribution >= 0.6 is 0 Å². The Kier molecular flexibility index (Phi) is 5.33. The fraction of sp³-hybridized carbons (Fsp3) is 0.500. The molecule has 4 rings (SSSR count). The minimum Gasteiger partial charge on any atom is -0.480 e. The number of aliphatic carboxylic acids is 1. The van der Waals surface area contributed by atoms with Crippen LogP contribution < -0.4 is 0 Å². The molecule has 0 unspecified atom stereocenters. The minimum atomic E-state index is -2.99. The Labute approximate surface area is 174 Å². The molecule has 2 fully saturated rings. The number of hydrogen-bond donors (Lipinski definition) is 2. The second kappa shape index (κ2) is 7.68. The van der Waals surface area contributed by atoms with Gasteiger partial charge < -0.3 is 14.8 Å². The summed E-state index contributed by atoms with van der Waals surface area (Å²) >= 11 is 0. The predicted molar refractivity (Wildman–Crippen MR) is 110 cm³/mol. The highest BCUT2D eigenvalue weighted by atomic mass is 32.2. The van der Waals surface area contributed by atoms with Gasteiger partial charge in [0.05, 0.1) is 11.5 Å². The summed E-state index contributed by atoms with van der Waals surface area (Å²) in [7, 11) is -1.35. The van der Waals surface area contributed by atoms with Gasteiger partial charge in [-0.2, -0.15) is 0 Å². The lowest BCUT2D eigenvalue weighted by Crippen LogP contribution is -2.52. The first-order chi connectivity index (χ1) is 14.2. The number of piperazine rings is 1. The van der Waals surface area contributed by atoms with Gasteiger partial charge >= 0.3 is 11.9 Å². The molecule has 1 aromatic heterocycles. The third kappa shape index (κ3) is 3.59. The molecule has 0 bridgehead atoms. The van der Waals surface area contributed by atoms with E-state index in [0.29, 0.717) is 49.1 Å². The number of benzene rings is 1. The average Bonchev–Trinajstić information content (AvgIpc) is 3.20. The Hall–Kier alpha value is -2.43. The van der Waals surface area contributed by atoms with Crippen molar-refractivity contribution in [1.29, 1.82) is 0 Å². The number of aromatic nitrogens is 1. The van der Waals surface area contributed by atoms with Gasteiger partial charge in [-0.15, -0.1) is 0 Å². The lowest BCUT2D eigenvalue weighted by atomic mass is 10.00. The first-order valence-corrected chi connectivity index (χ1v) is 11.7. The van der Waals surface area contributed by atoms with Crippen molar-refractivity contribution in [1.82, 2.24) is 14.4 Å². The zero-order valence-corrected chi connectivity index (χ0v) is 17.5. The number of fused-ring (bicyclic) bond motifs is 1. The van der Waals surface area contributed by atoms with Crippen molar-refractivity contribution in [2.75, 3.05) is 37.7 Å². The SMILES string of the molecule is Cn1c(C(=O)O)c([C@@H](C(=O)O)N2CCN([C@H]3CCS(=O)(=O)C3)CC2)c2ccccc21. The van der Waals surface area contributed by atoms with Crippen molar-refractivity contribution < 1.29 is 28.2 Å². The van der Waals surface area contributed by atoms with Gasteiger partial charge in [0.25, 0.3) is 0 Å². The Balaban J connectivity index is 1.64. The van der Waals surface area contributed by atoms with Gasteiger partial charge in [-0.1, -0.05) is 18.2 Å². The number of para-hydroxylation sites is 1. The number of carbonyl (C=O) groups is 2. The van der Waals surface area contributed by atoms with Crippen LogP contribution in [0, 0.1) is 0 Å². The fourth-order valence-corrected chi connectivity index (χ4v) is 6.61. The molecular formula is C20H25N3O6S. The van der Waals surface area contributed by atoms with Crippen molar-refractivity contribution in [3.05, 3.63) is 35.5 Å². The number of aromatic carboxylic acids is 1. The van der Waals surface area contributed by atoms with Crippen LogP contribution in [-0.2, 0) is 21.7 Å². The van der Waals surface area contributed by atoms with Crippen LogP contribution in [0.4, 0.5) is 0 Å². The van der Waals surface area contributed by atoms with Gasteiger partial charge in [0.1, 0.15) is 11.7 Å². The van der Waals surface area contributed by atoms with E-state index >= 15 is 0 Å². The normalized spacial score (nSPS) is 23.6. The monoisotopic (exact) mass is 435 g/mol. The molecule has 2 atom stereocenters. The molecule has 0 amide bonds. The summed E-state index contributed by atoms with van der Waals surface area (Å²) in [6.45, 7) is 1.96. The highest BCUT2D eigenvalue weighted by molar-refractivity contribution is 7.91. The minimum absolute atomic E-state index is 0.0204. The molecule has 1 aromatic carbocycles. The molecule has 10 heteroatoms. The largest absolute Gasteiger partial charge is 0.480 e. The second-order valence-electron chi connectivity index (χ2n) is 8.01. The number of carboxylic acids is 2. The van der Waals surface area contributed by atoms with E-state index in [1.54, 1.807) is 36.2 Å². The molecule has 2 saturated heterocycles. The lowest BCUT2D eigenvalue weighted by Gasteiger charge is -2.40. The second-order valence-corrected chi connectivity index (χ2v) is 10.2. The first-order valence-electron chi connectivity index (χ1n) is 9.91. The zero-order chi connectivity index (χ0) is 21.6. The number of sulfone groups is 1. The standard InChI is InChI=1S/C20H25N3O6S/c1-21-15-5-3-2-4-14(15)16(17(21)19(24)25)18(20(26)27)23-9-7-22(8-10-23)13-6-11-30(28,29)12-13/h2-5,13,18H,6-12H2,1H3,(H,24,25)(H,26,27)/t13-,18-/m0/s1. The number of rotatable bonds is 5. The van der Waals surface area contributed by atoms with Crippen LogP contribution in [0.25, 0.3) is 10.9 Å². The topological polar surface area (TPSA) is 120 Å². The molecule has 2 aliphatic rings. The molecule has 2 aromatic rings. The van der Waals surface area contributed by atoms with E-state index in [4.69, 9.17) is 0 Å². The maximum atomic E-state index is 12.3. The molecule has 2 N–H and O–H groups in total. The molecule has 2 aliphatic heterocycles. The van der Waals surface area contributed by atoms with Crippen LogP contribution in [0.2, 0.25) is 0 Å². The first kappa shape index (κ1) is 20.8. The summed E-state index contributed by atoms with van der Waals surface area (Å²) in [5.74, 6) is -1.90. The summed E-state index contributed by atoms with van der Waals surface area (Å²) in [6.07, 6.45) is 0.608. The van der Waals surface area contributed by atoms with Crippen LogP contribution in [0.15, 0.2) is 24.3 Å². The third-order valence-corrected chi connectivity index (χ3v) is 8.05. The van der Waals surface area contributed by atoms with Crippen molar-refractivity contribution >= 4 is 32.7 Å². The number of aryl methyl sites for hydroxylation is 1. The van der Waals surface area contributed by atoms with Gasteiger partial charge in [-0.25, -0.2) is 13.2 Å². The van der Waals surface area contributed by atoms with Crippen molar-refractivity contribution in [2.45, 2.75) is 18.5 Å². The molecule has 0 saturated carbocycles. The fourth-order valence-electron chi connectivity index (χ4n) is 4.84. The van der Waals surface area contributed by atoms with Crippen molar-refractivity contribution in [3.63, 3.8) is 0 Å². The van der Waals surface area contributed by atoms with Crippen molar-refractivity contribution in [2.24, 2.45) is 7.05 Å². The average molecular weight is 436 g/mol. The van der Waals surface area contributed by atoms with E-state index in [0.717, 1.165) is 0 Å². The Morgan fingerprint density at radius 3 is 2.33 bits per heavy atom. The van der Waals surface area contributed by atoms with E-state index < -0.39 is 27.8 Å². The molecule has 0 radical (unpaired) electrons. The number of nitrogens with zero attached hydrogens (tertiary/aromatic N) is 3. The summed E-state index contributed by atoms with van der Waals surface area (Å²) < 4.78 is 25.1. The highest BCUT2D eigenvalue weighted by Gasteiger charge is 2.39. The van der Waals surface area contributed by atoms with Crippen LogP contribution in [0.5, 0.6) is 0 Å². The van der Waals surface area contributed by atoms with E-state index in [1.807, 2.05) is 0 Å². The van der Waals surface area contributed by atoms with Gasteiger partial charge in [0.2, 0.25) is 0 Å². The van der Waals surface area contributed by atoms with E-state index in [9.17, 15) is 28.2 Å². The maximum Gasteiger partial charge on any atom is 0.352 e. The molecular weight excluding hydrogens is 410 g/mol. The summed E-state index contributed by atoms with van der Waals surface area (Å²) in [4.78, 5) is 28.2. The highest BCUT2D eigenvalue weighted by Crippen LogP contribution is 2.35. The van der Waals surface area contributed by atoms with Crippen LogP contribution in [0.1, 0.15) is 28.5 Å². The summed E-state index contributed by atoms with van der Waals surface area (Å²) in [6, 6.07) is 6.00. The quantitative estimate of drug-likeness (QED) is 0.708. The van der Waals surface area contributed by atoms with Gasteiger partial charge in [0, 0.05) is 55.7 Å². The third-order valence-electron chi connectivity index (χ3n) is 6.29.